The van der Waals surface area contributed by atoms with Crippen LogP contribution in [-0.4, -0.2) is 33.1 Å². The predicted octanol–water partition coefficient (Wildman–Crippen LogP) is 2.44. The number of carbonyl (C=O) groups excluding carboxylic acids is 2. The van der Waals surface area contributed by atoms with Crippen molar-refractivity contribution in [1.82, 2.24) is 20.4 Å². The Morgan fingerprint density at radius 1 is 1.07 bits per heavy atom. The molecule has 0 spiro atoms. The van der Waals surface area contributed by atoms with Crippen LogP contribution in [0.3, 0.4) is 0 Å². The van der Waals surface area contributed by atoms with Gasteiger partial charge in [-0.1, -0.05) is 24.3 Å². The molecule has 0 bridgehead atoms. The van der Waals surface area contributed by atoms with Crippen molar-refractivity contribution in [2.24, 2.45) is 0 Å². The van der Waals surface area contributed by atoms with Crippen molar-refractivity contribution in [2.75, 3.05) is 6.54 Å². The van der Waals surface area contributed by atoms with Gasteiger partial charge in [-0.05, 0) is 32.0 Å². The molecule has 30 heavy (non-hydrogen) atoms. The monoisotopic (exact) mass is 407 g/mol. The van der Waals surface area contributed by atoms with Crippen molar-refractivity contribution in [3.63, 3.8) is 0 Å². The standard InChI is InChI=1S/C21H21N5O4/c1-14-19(15(2)25(24-14)17-8-4-3-5-9-17)12-22-20(27)13-23-21(28)16-7-6-10-18(11-16)26(29)30/h3-11H,12-13H2,1-2H3,(H,22,27)(H,23,28). The number of benzene rings is 2. The molecule has 3 aromatic rings. The number of nitrogens with one attached hydrogen (secondary N) is 2. The lowest BCUT2D eigenvalue weighted by Gasteiger charge is -2.08. The van der Waals surface area contributed by atoms with Crippen LogP contribution in [0, 0.1) is 24.0 Å². The minimum atomic E-state index is -0.580. The summed E-state index contributed by atoms with van der Waals surface area (Å²) in [6, 6.07) is 15.0. The van der Waals surface area contributed by atoms with Crippen LogP contribution in [0.1, 0.15) is 27.3 Å². The van der Waals surface area contributed by atoms with Crippen molar-refractivity contribution < 1.29 is 14.5 Å². The average Bonchev–Trinajstić information content (AvgIpc) is 3.04. The highest BCUT2D eigenvalue weighted by Crippen LogP contribution is 2.17. The summed E-state index contributed by atoms with van der Waals surface area (Å²) in [6.45, 7) is 3.83. The first-order valence-corrected chi connectivity index (χ1v) is 9.26. The summed E-state index contributed by atoms with van der Waals surface area (Å²) in [7, 11) is 0. The molecule has 3 rings (SSSR count). The van der Waals surface area contributed by atoms with Crippen LogP contribution in [0.5, 0.6) is 0 Å². The summed E-state index contributed by atoms with van der Waals surface area (Å²) < 4.78 is 1.82. The van der Waals surface area contributed by atoms with Gasteiger partial charge in [-0.3, -0.25) is 19.7 Å². The molecule has 0 fully saturated rings. The second-order valence-electron chi connectivity index (χ2n) is 6.66. The van der Waals surface area contributed by atoms with E-state index in [1.807, 2.05) is 48.9 Å². The Morgan fingerprint density at radius 3 is 2.50 bits per heavy atom. The second-order valence-corrected chi connectivity index (χ2v) is 6.66. The lowest BCUT2D eigenvalue weighted by molar-refractivity contribution is -0.384. The van der Waals surface area contributed by atoms with Crippen molar-refractivity contribution in [1.29, 1.82) is 0 Å². The summed E-state index contributed by atoms with van der Waals surface area (Å²) in [4.78, 5) is 34.5. The molecular weight excluding hydrogens is 386 g/mol. The summed E-state index contributed by atoms with van der Waals surface area (Å²) >= 11 is 0. The Balaban J connectivity index is 1.58. The Hall–Kier alpha value is -4.01. The average molecular weight is 407 g/mol. The molecule has 154 valence electrons. The van der Waals surface area contributed by atoms with Crippen LogP contribution in [0.2, 0.25) is 0 Å². The van der Waals surface area contributed by atoms with Gasteiger partial charge in [-0.15, -0.1) is 0 Å². The Bertz CT molecular complexity index is 1090. The van der Waals surface area contributed by atoms with E-state index >= 15 is 0 Å². The molecule has 0 saturated carbocycles. The van der Waals surface area contributed by atoms with E-state index in [2.05, 4.69) is 15.7 Å². The van der Waals surface area contributed by atoms with Crippen LogP contribution in [-0.2, 0) is 11.3 Å². The number of non-ortho nitro benzene ring substituents is 1. The fraction of sp³-hybridized carbons (Fsp3) is 0.190. The number of carbonyl (C=O) groups is 2. The molecule has 2 N–H and O–H groups in total. The van der Waals surface area contributed by atoms with E-state index < -0.39 is 10.8 Å². The molecule has 0 unspecified atom stereocenters. The molecule has 0 radical (unpaired) electrons. The highest BCUT2D eigenvalue weighted by atomic mass is 16.6. The van der Waals surface area contributed by atoms with Gasteiger partial charge < -0.3 is 10.6 Å². The van der Waals surface area contributed by atoms with E-state index in [0.717, 1.165) is 28.7 Å². The number of rotatable bonds is 7. The Labute approximate surface area is 172 Å². The van der Waals surface area contributed by atoms with Gasteiger partial charge >= 0.3 is 0 Å². The van der Waals surface area contributed by atoms with Crippen LogP contribution >= 0.6 is 0 Å². The lowest BCUT2D eigenvalue weighted by Crippen LogP contribution is -2.36. The van der Waals surface area contributed by atoms with Crippen molar-refractivity contribution >= 4 is 17.5 Å². The predicted molar refractivity (Wildman–Crippen MR) is 110 cm³/mol. The first kappa shape index (κ1) is 20.7. The number of aromatic nitrogens is 2. The van der Waals surface area contributed by atoms with Gasteiger partial charge in [0.25, 0.3) is 11.6 Å². The SMILES string of the molecule is Cc1nn(-c2ccccc2)c(C)c1CNC(=O)CNC(=O)c1cccc([N+](=O)[O-])c1. The molecular formula is C21H21N5O4. The first-order valence-electron chi connectivity index (χ1n) is 9.26. The second kappa shape index (κ2) is 8.99. The van der Waals surface area contributed by atoms with Gasteiger partial charge in [0.2, 0.25) is 5.91 Å². The van der Waals surface area contributed by atoms with Crippen molar-refractivity contribution in [2.45, 2.75) is 20.4 Å². The van der Waals surface area contributed by atoms with Gasteiger partial charge in [0.05, 0.1) is 22.8 Å². The van der Waals surface area contributed by atoms with Gasteiger partial charge in [-0.25, -0.2) is 4.68 Å². The number of para-hydroxylation sites is 1. The number of hydrogen-bond donors (Lipinski definition) is 2. The van der Waals surface area contributed by atoms with E-state index in [-0.39, 0.29) is 30.2 Å². The van der Waals surface area contributed by atoms with Crippen molar-refractivity contribution in [3.8, 4) is 5.69 Å². The lowest BCUT2D eigenvalue weighted by atomic mass is 10.2. The highest BCUT2D eigenvalue weighted by Gasteiger charge is 2.15. The minimum absolute atomic E-state index is 0.118. The van der Waals surface area contributed by atoms with Crippen LogP contribution in [0.25, 0.3) is 5.69 Å². The van der Waals surface area contributed by atoms with Crippen LogP contribution in [0.4, 0.5) is 5.69 Å². The van der Waals surface area contributed by atoms with Gasteiger partial charge in [0.15, 0.2) is 0 Å². The summed E-state index contributed by atoms with van der Waals surface area (Å²) in [6.07, 6.45) is 0. The normalized spacial score (nSPS) is 10.5. The van der Waals surface area contributed by atoms with Gasteiger partial charge in [0.1, 0.15) is 0 Å². The molecule has 0 saturated heterocycles. The maximum absolute atomic E-state index is 12.2. The number of nitro benzene ring substituents is 1. The molecule has 9 heteroatoms. The van der Waals surface area contributed by atoms with Gasteiger partial charge in [0, 0.05) is 35.5 Å². The maximum atomic E-state index is 12.2. The number of amides is 2. The van der Waals surface area contributed by atoms with Gasteiger partial charge in [-0.2, -0.15) is 5.10 Å². The summed E-state index contributed by atoms with van der Waals surface area (Å²) in [5.41, 5.74) is 3.48. The number of aryl methyl sites for hydroxylation is 1. The van der Waals surface area contributed by atoms with E-state index in [1.165, 1.54) is 18.2 Å². The molecule has 9 nitrogen and oxygen atoms in total. The smallest absolute Gasteiger partial charge is 0.270 e. The van der Waals surface area contributed by atoms with E-state index in [1.54, 1.807) is 0 Å². The zero-order chi connectivity index (χ0) is 21.7. The fourth-order valence-corrected chi connectivity index (χ4v) is 3.02. The Morgan fingerprint density at radius 2 is 1.80 bits per heavy atom. The third kappa shape index (κ3) is 4.69. The number of nitrogens with zero attached hydrogens (tertiary/aromatic N) is 3. The van der Waals surface area contributed by atoms with Crippen LogP contribution < -0.4 is 10.6 Å². The number of hydrogen-bond acceptors (Lipinski definition) is 5. The quantitative estimate of drug-likeness (QED) is 0.461. The molecule has 0 aliphatic carbocycles. The molecule has 0 atom stereocenters. The first-order chi connectivity index (χ1) is 14.4. The zero-order valence-electron chi connectivity index (χ0n) is 16.6. The van der Waals surface area contributed by atoms with Crippen molar-refractivity contribution in [3.05, 3.63) is 87.2 Å². The largest absolute Gasteiger partial charge is 0.350 e. The topological polar surface area (TPSA) is 119 Å². The van der Waals surface area contributed by atoms with E-state index in [9.17, 15) is 19.7 Å². The number of nitro groups is 1. The molecule has 2 amide bonds. The van der Waals surface area contributed by atoms with Crippen LogP contribution in [0.15, 0.2) is 54.6 Å². The molecule has 1 aromatic heterocycles. The maximum Gasteiger partial charge on any atom is 0.270 e. The minimum Gasteiger partial charge on any atom is -0.350 e. The fourth-order valence-electron chi connectivity index (χ4n) is 3.02. The highest BCUT2D eigenvalue weighted by molar-refractivity contribution is 5.96. The third-order valence-corrected chi connectivity index (χ3v) is 4.63. The third-order valence-electron chi connectivity index (χ3n) is 4.63. The molecule has 0 aliphatic rings. The van der Waals surface area contributed by atoms with E-state index in [0.29, 0.717) is 0 Å². The molecule has 2 aromatic carbocycles. The zero-order valence-corrected chi connectivity index (χ0v) is 16.6. The molecule has 0 aliphatic heterocycles. The summed E-state index contributed by atoms with van der Waals surface area (Å²) in [5.74, 6) is -0.932. The van der Waals surface area contributed by atoms with E-state index in [4.69, 9.17) is 0 Å². The molecule has 1 heterocycles. The summed E-state index contributed by atoms with van der Waals surface area (Å²) in [5, 5.41) is 20.6. The Kier molecular flexibility index (Phi) is 6.21.